The molecule has 2 aliphatic rings. The van der Waals surface area contributed by atoms with Crippen molar-refractivity contribution in [3.8, 4) is 0 Å². The van der Waals surface area contributed by atoms with Crippen molar-refractivity contribution < 1.29 is 0 Å². The van der Waals surface area contributed by atoms with E-state index in [2.05, 4.69) is 22.3 Å². The molecule has 0 radical (unpaired) electrons. The third-order valence-corrected chi connectivity index (χ3v) is 5.11. The zero-order valence-corrected chi connectivity index (χ0v) is 12.9. The van der Waals surface area contributed by atoms with Crippen LogP contribution in [0, 0.1) is 0 Å². The maximum atomic E-state index is 6.25. The lowest BCUT2D eigenvalue weighted by atomic mass is 9.76. The molecule has 0 spiro atoms. The quantitative estimate of drug-likeness (QED) is 0.805. The third-order valence-electron chi connectivity index (χ3n) is 4.77. The SMILES string of the molecule is Clc1ccccc1C1CC(NCCCN2CCCC2)C1. The molecule has 20 heavy (non-hydrogen) atoms. The Bertz CT molecular complexity index is 423. The fourth-order valence-electron chi connectivity index (χ4n) is 3.46. The van der Waals surface area contributed by atoms with Crippen LogP contribution in [0.3, 0.4) is 0 Å². The first-order chi connectivity index (χ1) is 9.83. The van der Waals surface area contributed by atoms with Gasteiger partial charge in [-0.1, -0.05) is 29.8 Å². The van der Waals surface area contributed by atoms with E-state index in [1.54, 1.807) is 0 Å². The number of benzene rings is 1. The molecule has 2 fully saturated rings. The van der Waals surface area contributed by atoms with Crippen LogP contribution in [-0.4, -0.2) is 37.1 Å². The van der Waals surface area contributed by atoms with Gasteiger partial charge >= 0.3 is 0 Å². The fourth-order valence-corrected chi connectivity index (χ4v) is 3.75. The third kappa shape index (κ3) is 3.55. The number of likely N-dealkylation sites (tertiary alicyclic amines) is 1. The summed E-state index contributed by atoms with van der Waals surface area (Å²) in [7, 11) is 0. The van der Waals surface area contributed by atoms with E-state index in [0.29, 0.717) is 12.0 Å². The number of hydrogen-bond donors (Lipinski definition) is 1. The molecule has 1 heterocycles. The number of hydrogen-bond acceptors (Lipinski definition) is 2. The zero-order chi connectivity index (χ0) is 13.8. The molecule has 1 saturated heterocycles. The van der Waals surface area contributed by atoms with E-state index in [0.717, 1.165) is 11.6 Å². The van der Waals surface area contributed by atoms with Crippen molar-refractivity contribution >= 4 is 11.6 Å². The van der Waals surface area contributed by atoms with E-state index >= 15 is 0 Å². The van der Waals surface area contributed by atoms with E-state index in [-0.39, 0.29) is 0 Å². The minimum atomic E-state index is 0.666. The number of nitrogens with zero attached hydrogens (tertiary/aromatic N) is 1. The molecule has 2 nitrogen and oxygen atoms in total. The molecule has 1 N–H and O–H groups in total. The maximum absolute atomic E-state index is 6.25. The summed E-state index contributed by atoms with van der Waals surface area (Å²) in [5.41, 5.74) is 1.34. The minimum absolute atomic E-state index is 0.666. The molecular formula is C17H25ClN2. The molecule has 3 rings (SSSR count). The van der Waals surface area contributed by atoms with Gasteiger partial charge in [0.25, 0.3) is 0 Å². The molecule has 0 unspecified atom stereocenters. The second kappa shape index (κ2) is 6.93. The van der Waals surface area contributed by atoms with Crippen molar-refractivity contribution in [1.29, 1.82) is 0 Å². The summed E-state index contributed by atoms with van der Waals surface area (Å²) in [6.45, 7) is 5.07. The standard InChI is InChI=1S/C17H25ClN2/c18-17-7-2-1-6-16(17)14-12-15(13-14)19-8-5-11-20-9-3-4-10-20/h1-2,6-7,14-15,19H,3-5,8-13H2. The van der Waals surface area contributed by atoms with Crippen LogP contribution in [0.4, 0.5) is 0 Å². The van der Waals surface area contributed by atoms with E-state index in [4.69, 9.17) is 11.6 Å². The Kier molecular flexibility index (Phi) is 4.98. The summed E-state index contributed by atoms with van der Waals surface area (Å²) in [5.74, 6) is 0.666. The first kappa shape index (κ1) is 14.4. The monoisotopic (exact) mass is 292 g/mol. The van der Waals surface area contributed by atoms with Gasteiger partial charge in [0.05, 0.1) is 0 Å². The lowest BCUT2D eigenvalue weighted by molar-refractivity contribution is 0.277. The molecule has 0 amide bonds. The summed E-state index contributed by atoms with van der Waals surface area (Å²) in [6, 6.07) is 9.00. The van der Waals surface area contributed by atoms with Gasteiger partial charge in [-0.05, 0) is 75.8 Å². The van der Waals surface area contributed by atoms with Crippen molar-refractivity contribution in [2.75, 3.05) is 26.2 Å². The molecule has 0 aromatic heterocycles. The summed E-state index contributed by atoms with van der Waals surface area (Å²) in [6.07, 6.45) is 6.57. The van der Waals surface area contributed by atoms with E-state index in [1.165, 1.54) is 57.3 Å². The highest BCUT2D eigenvalue weighted by Crippen LogP contribution is 2.39. The lowest BCUT2D eigenvalue weighted by Crippen LogP contribution is -2.41. The van der Waals surface area contributed by atoms with Crippen molar-refractivity contribution in [2.24, 2.45) is 0 Å². The molecule has 1 aliphatic heterocycles. The average Bonchev–Trinajstić information content (AvgIpc) is 2.91. The molecular weight excluding hydrogens is 268 g/mol. The van der Waals surface area contributed by atoms with Crippen LogP contribution >= 0.6 is 11.6 Å². The van der Waals surface area contributed by atoms with Crippen molar-refractivity contribution in [3.05, 3.63) is 34.9 Å². The first-order valence-electron chi connectivity index (χ1n) is 8.03. The summed E-state index contributed by atoms with van der Waals surface area (Å²) in [4.78, 5) is 2.59. The molecule has 0 bridgehead atoms. The molecule has 3 heteroatoms. The largest absolute Gasteiger partial charge is 0.314 e. The van der Waals surface area contributed by atoms with Crippen LogP contribution in [0.2, 0.25) is 5.02 Å². The summed E-state index contributed by atoms with van der Waals surface area (Å²) >= 11 is 6.25. The topological polar surface area (TPSA) is 15.3 Å². The molecule has 1 saturated carbocycles. The van der Waals surface area contributed by atoms with Gasteiger partial charge in [-0.15, -0.1) is 0 Å². The summed E-state index contributed by atoms with van der Waals surface area (Å²) < 4.78 is 0. The Morgan fingerprint density at radius 3 is 2.65 bits per heavy atom. The second-order valence-electron chi connectivity index (χ2n) is 6.24. The Morgan fingerprint density at radius 2 is 1.90 bits per heavy atom. The Balaban J connectivity index is 1.31. The van der Waals surface area contributed by atoms with Gasteiger partial charge in [0.1, 0.15) is 0 Å². The maximum Gasteiger partial charge on any atom is 0.0440 e. The van der Waals surface area contributed by atoms with E-state index < -0.39 is 0 Å². The Hall–Kier alpha value is -0.570. The minimum Gasteiger partial charge on any atom is -0.314 e. The predicted molar refractivity (Wildman–Crippen MR) is 85.5 cm³/mol. The van der Waals surface area contributed by atoms with Gasteiger partial charge < -0.3 is 10.2 Å². The zero-order valence-electron chi connectivity index (χ0n) is 12.2. The van der Waals surface area contributed by atoms with Gasteiger partial charge in [-0.3, -0.25) is 0 Å². The molecule has 1 aromatic carbocycles. The molecule has 1 aliphatic carbocycles. The van der Waals surface area contributed by atoms with E-state index in [9.17, 15) is 0 Å². The van der Waals surface area contributed by atoms with Crippen LogP contribution in [-0.2, 0) is 0 Å². The van der Waals surface area contributed by atoms with Gasteiger partial charge in [-0.2, -0.15) is 0 Å². The van der Waals surface area contributed by atoms with Crippen LogP contribution in [0.1, 0.15) is 43.6 Å². The van der Waals surface area contributed by atoms with Gasteiger partial charge in [-0.25, -0.2) is 0 Å². The van der Waals surface area contributed by atoms with Crippen molar-refractivity contribution in [2.45, 2.75) is 44.1 Å². The smallest absolute Gasteiger partial charge is 0.0440 e. The van der Waals surface area contributed by atoms with E-state index in [1.807, 2.05) is 12.1 Å². The fraction of sp³-hybridized carbons (Fsp3) is 0.647. The number of nitrogens with one attached hydrogen (secondary N) is 1. The highest BCUT2D eigenvalue weighted by Gasteiger charge is 2.30. The van der Waals surface area contributed by atoms with Crippen LogP contribution in [0.15, 0.2) is 24.3 Å². The molecule has 1 aromatic rings. The summed E-state index contributed by atoms with van der Waals surface area (Å²) in [5, 5.41) is 4.63. The van der Waals surface area contributed by atoms with Crippen molar-refractivity contribution in [3.63, 3.8) is 0 Å². The average molecular weight is 293 g/mol. The van der Waals surface area contributed by atoms with Crippen LogP contribution in [0.25, 0.3) is 0 Å². The molecule has 0 atom stereocenters. The first-order valence-corrected chi connectivity index (χ1v) is 8.41. The van der Waals surface area contributed by atoms with Crippen LogP contribution < -0.4 is 5.32 Å². The van der Waals surface area contributed by atoms with Gasteiger partial charge in [0.2, 0.25) is 0 Å². The molecule has 110 valence electrons. The number of halogens is 1. The predicted octanol–water partition coefficient (Wildman–Crippen LogP) is 3.66. The Labute approximate surface area is 127 Å². The van der Waals surface area contributed by atoms with Crippen LogP contribution in [0.5, 0.6) is 0 Å². The number of rotatable bonds is 6. The highest BCUT2D eigenvalue weighted by atomic mass is 35.5. The van der Waals surface area contributed by atoms with Gasteiger partial charge in [0, 0.05) is 11.1 Å². The second-order valence-corrected chi connectivity index (χ2v) is 6.65. The van der Waals surface area contributed by atoms with Gasteiger partial charge in [0.15, 0.2) is 0 Å². The highest BCUT2D eigenvalue weighted by molar-refractivity contribution is 6.31. The Morgan fingerprint density at radius 1 is 1.15 bits per heavy atom. The lowest BCUT2D eigenvalue weighted by Gasteiger charge is -2.37. The van der Waals surface area contributed by atoms with Crippen molar-refractivity contribution in [1.82, 2.24) is 10.2 Å². The normalized spacial score (nSPS) is 26.6.